The number of aliphatic hydroxyl groups excluding tert-OH is 2. The van der Waals surface area contributed by atoms with Gasteiger partial charge in [-0.15, -0.1) is 0 Å². The van der Waals surface area contributed by atoms with Crippen LogP contribution in [0.15, 0.2) is 53.1 Å². The third-order valence-electron chi connectivity index (χ3n) is 14.2. The average Bonchev–Trinajstić information content (AvgIpc) is 3.51. The van der Waals surface area contributed by atoms with E-state index >= 15 is 0 Å². The molecule has 0 aromatic heterocycles. The monoisotopic (exact) mass is 656 g/mol. The maximum atomic E-state index is 11.9. The molecule has 5 aliphatic carbocycles. The number of Topliss-reactive ketones (excluding diaryl/α,β-unsaturated/α-hetero) is 2. The van der Waals surface area contributed by atoms with Gasteiger partial charge in [0.05, 0.1) is 18.8 Å². The van der Waals surface area contributed by atoms with Crippen LogP contribution < -0.4 is 0 Å². The Morgan fingerprint density at radius 2 is 1.73 bits per heavy atom. The number of ketones is 2. The van der Waals surface area contributed by atoms with Gasteiger partial charge in [0.1, 0.15) is 5.76 Å². The minimum absolute atomic E-state index is 0.0661. The van der Waals surface area contributed by atoms with Crippen LogP contribution in [0.3, 0.4) is 0 Å². The fourth-order valence-electron chi connectivity index (χ4n) is 11.4. The molecule has 1 aromatic rings. The number of allylic oxidation sites excluding steroid dienone is 5. The molecular weight excluding hydrogens is 600 g/mol. The van der Waals surface area contributed by atoms with E-state index in [-0.39, 0.29) is 35.2 Å². The molecule has 48 heavy (non-hydrogen) atoms. The molecule has 1 spiro atoms. The molecule has 8 rings (SSSR count). The highest BCUT2D eigenvalue weighted by atomic mass is 16.7. The first-order valence-corrected chi connectivity index (χ1v) is 18.7. The van der Waals surface area contributed by atoms with Crippen LogP contribution >= 0.6 is 0 Å². The van der Waals surface area contributed by atoms with Crippen molar-refractivity contribution in [1.82, 2.24) is 0 Å². The highest BCUT2D eigenvalue weighted by Crippen LogP contribution is 2.69. The van der Waals surface area contributed by atoms with Crippen molar-refractivity contribution < 1.29 is 29.3 Å². The van der Waals surface area contributed by atoms with Gasteiger partial charge in [0.2, 0.25) is 11.6 Å². The molecule has 6 heteroatoms. The highest BCUT2D eigenvalue weighted by molar-refractivity contribution is 6.52. The van der Waals surface area contributed by atoms with Crippen molar-refractivity contribution in [2.45, 2.75) is 124 Å². The van der Waals surface area contributed by atoms with Crippen molar-refractivity contribution in [3.63, 3.8) is 0 Å². The van der Waals surface area contributed by atoms with Gasteiger partial charge in [-0.25, -0.2) is 0 Å². The third kappa shape index (κ3) is 5.31. The molecule has 2 heterocycles. The molecule has 0 amide bonds. The predicted octanol–water partition coefficient (Wildman–Crippen LogP) is 8.79. The van der Waals surface area contributed by atoms with E-state index in [1.165, 1.54) is 38.5 Å². The quantitative estimate of drug-likeness (QED) is 0.244. The second-order valence-corrected chi connectivity index (χ2v) is 17.2. The SMILES string of the molecule is CC(C)=CCC1=C(O)c2ccccc2C(=O)C1=O.CC1CCC2(OC1)OC1CC3C4CCC5CC(O)CCC5(C)C4=CCC3(C)C1C2C. The van der Waals surface area contributed by atoms with E-state index in [0.717, 1.165) is 43.3 Å². The molecule has 0 radical (unpaired) electrons. The van der Waals surface area contributed by atoms with Crippen molar-refractivity contribution in [2.75, 3.05) is 6.61 Å². The van der Waals surface area contributed by atoms with Gasteiger partial charge in [0.25, 0.3) is 0 Å². The number of hydrogen-bond acceptors (Lipinski definition) is 6. The number of rotatable bonds is 2. The van der Waals surface area contributed by atoms with E-state index in [1.807, 2.05) is 19.9 Å². The van der Waals surface area contributed by atoms with Crippen molar-refractivity contribution in [1.29, 1.82) is 0 Å². The Hall–Kier alpha value is -2.54. The van der Waals surface area contributed by atoms with Crippen molar-refractivity contribution in [3.8, 4) is 0 Å². The molecular formula is C42H56O6. The van der Waals surface area contributed by atoms with Crippen LogP contribution in [0.2, 0.25) is 0 Å². The summed E-state index contributed by atoms with van der Waals surface area (Å²) in [4.78, 5) is 23.8. The van der Waals surface area contributed by atoms with E-state index in [9.17, 15) is 19.8 Å². The van der Waals surface area contributed by atoms with E-state index in [0.29, 0.717) is 46.2 Å². The lowest BCUT2D eigenvalue weighted by Crippen LogP contribution is -2.50. The maximum Gasteiger partial charge on any atom is 0.234 e. The molecule has 2 aliphatic heterocycles. The lowest BCUT2D eigenvalue weighted by molar-refractivity contribution is -0.272. The van der Waals surface area contributed by atoms with Gasteiger partial charge < -0.3 is 19.7 Å². The van der Waals surface area contributed by atoms with Gasteiger partial charge >= 0.3 is 0 Å². The summed E-state index contributed by atoms with van der Waals surface area (Å²) in [5.74, 6) is 2.46. The van der Waals surface area contributed by atoms with Crippen LogP contribution in [0.4, 0.5) is 0 Å². The molecule has 11 atom stereocenters. The van der Waals surface area contributed by atoms with Crippen molar-refractivity contribution >= 4 is 17.3 Å². The van der Waals surface area contributed by atoms with Crippen LogP contribution in [-0.4, -0.2) is 46.4 Å². The first-order chi connectivity index (χ1) is 22.8. The van der Waals surface area contributed by atoms with Crippen LogP contribution in [0.1, 0.15) is 122 Å². The van der Waals surface area contributed by atoms with Crippen LogP contribution in [0.25, 0.3) is 5.76 Å². The molecule has 0 bridgehead atoms. The first kappa shape index (κ1) is 33.9. The Morgan fingerprint density at radius 3 is 2.44 bits per heavy atom. The Labute approximate surface area is 287 Å². The zero-order valence-electron chi connectivity index (χ0n) is 29.9. The summed E-state index contributed by atoms with van der Waals surface area (Å²) >= 11 is 0. The number of fused-ring (bicyclic) bond motifs is 8. The van der Waals surface area contributed by atoms with Crippen molar-refractivity contribution in [3.05, 3.63) is 64.3 Å². The summed E-state index contributed by atoms with van der Waals surface area (Å²) < 4.78 is 13.3. The summed E-state index contributed by atoms with van der Waals surface area (Å²) in [6.45, 7) is 14.5. The van der Waals surface area contributed by atoms with Crippen LogP contribution in [-0.2, 0) is 14.3 Å². The average molecular weight is 657 g/mol. The van der Waals surface area contributed by atoms with E-state index < -0.39 is 11.6 Å². The molecule has 260 valence electrons. The molecule has 2 saturated heterocycles. The Balaban J connectivity index is 0.000000174. The third-order valence-corrected chi connectivity index (χ3v) is 14.2. The zero-order valence-corrected chi connectivity index (χ0v) is 29.9. The molecule has 2 N–H and O–H groups in total. The maximum absolute atomic E-state index is 11.9. The first-order valence-electron chi connectivity index (χ1n) is 18.7. The van der Waals surface area contributed by atoms with E-state index in [4.69, 9.17) is 9.47 Å². The van der Waals surface area contributed by atoms with Gasteiger partial charge in [0.15, 0.2) is 5.79 Å². The summed E-state index contributed by atoms with van der Waals surface area (Å²) in [5.41, 5.74) is 4.40. The number of aliphatic hydroxyl groups is 2. The Morgan fingerprint density at radius 1 is 0.979 bits per heavy atom. The van der Waals surface area contributed by atoms with Gasteiger partial charge in [-0.1, -0.05) is 75.3 Å². The van der Waals surface area contributed by atoms with Gasteiger partial charge in [0, 0.05) is 29.0 Å². The number of hydrogen-bond donors (Lipinski definition) is 2. The second kappa shape index (κ2) is 12.3. The molecule has 11 unspecified atom stereocenters. The number of carbonyl (C=O) groups is 2. The van der Waals surface area contributed by atoms with Crippen LogP contribution in [0.5, 0.6) is 0 Å². The fraction of sp³-hybridized carbons (Fsp3) is 0.667. The Kier molecular flexibility index (Phi) is 8.73. The summed E-state index contributed by atoms with van der Waals surface area (Å²) in [6, 6.07) is 6.62. The normalized spacial score (nSPS) is 42.9. The number of carbonyl (C=O) groups excluding carboxylic acids is 2. The van der Waals surface area contributed by atoms with E-state index in [2.05, 4.69) is 33.8 Å². The predicted molar refractivity (Wildman–Crippen MR) is 187 cm³/mol. The molecule has 1 aromatic carbocycles. The van der Waals surface area contributed by atoms with Gasteiger partial charge in [-0.3, -0.25) is 9.59 Å². The fourth-order valence-corrected chi connectivity index (χ4v) is 11.4. The molecule has 3 saturated carbocycles. The smallest absolute Gasteiger partial charge is 0.234 e. The minimum Gasteiger partial charge on any atom is -0.507 e. The molecule has 6 nitrogen and oxygen atoms in total. The summed E-state index contributed by atoms with van der Waals surface area (Å²) in [5, 5.41) is 20.4. The topological polar surface area (TPSA) is 93.1 Å². The lowest BCUT2D eigenvalue weighted by atomic mass is 9.48. The largest absolute Gasteiger partial charge is 0.507 e. The molecule has 7 aliphatic rings. The minimum atomic E-state index is -0.608. The zero-order chi connectivity index (χ0) is 34.2. The lowest BCUT2D eigenvalue weighted by Gasteiger charge is -2.57. The van der Waals surface area contributed by atoms with Crippen molar-refractivity contribution in [2.24, 2.45) is 46.3 Å². The summed E-state index contributed by atoms with van der Waals surface area (Å²) in [7, 11) is 0. The standard InChI is InChI=1S/C27H42O3.C15H14O3/c1-16-7-12-27(29-15-16)17(2)24-23(30-27)14-22-20-6-5-18-13-19(28)8-10-25(18,3)21(20)9-11-26(22,24)4;1-9(2)7-8-12-13(16)10-5-3-4-6-11(10)14(17)15(12)18/h9,16-20,22-24,28H,5-8,10-15H2,1-4H3;3-7,16H,8H2,1-2H3. The van der Waals surface area contributed by atoms with Gasteiger partial charge in [-0.05, 0) is 112 Å². The number of ether oxygens (including phenoxy) is 2. The number of benzene rings is 1. The van der Waals surface area contributed by atoms with Gasteiger partial charge in [-0.2, -0.15) is 0 Å². The van der Waals surface area contributed by atoms with Crippen LogP contribution in [0, 0.1) is 46.3 Å². The highest BCUT2D eigenvalue weighted by Gasteiger charge is 2.67. The van der Waals surface area contributed by atoms with E-state index in [1.54, 1.807) is 29.8 Å². The Bertz CT molecular complexity index is 1550. The molecule has 5 fully saturated rings. The summed E-state index contributed by atoms with van der Waals surface area (Å²) in [6.07, 6.45) is 15.7. The second-order valence-electron chi connectivity index (χ2n) is 17.2.